The quantitative estimate of drug-likeness (QED) is 0.703. The molecule has 0 bridgehead atoms. The molecule has 26 heavy (non-hydrogen) atoms. The maximum atomic E-state index is 12.5. The number of fused-ring (bicyclic) bond motifs is 1. The Labute approximate surface area is 154 Å². The minimum atomic E-state index is -1.03. The van der Waals surface area contributed by atoms with Gasteiger partial charge in [0.15, 0.2) is 0 Å². The van der Waals surface area contributed by atoms with Gasteiger partial charge in [-0.3, -0.25) is 14.4 Å². The van der Waals surface area contributed by atoms with Crippen LogP contribution in [0.4, 0.5) is 5.69 Å². The molecule has 0 saturated carbocycles. The second kappa shape index (κ2) is 7.05. The zero-order valence-electron chi connectivity index (χ0n) is 13.6. The van der Waals surface area contributed by atoms with Crippen molar-refractivity contribution >= 4 is 35.0 Å². The molecule has 7 nitrogen and oxygen atoms in total. The van der Waals surface area contributed by atoms with Gasteiger partial charge in [0.1, 0.15) is 11.8 Å². The van der Waals surface area contributed by atoms with Crippen LogP contribution in [0.15, 0.2) is 42.5 Å². The van der Waals surface area contributed by atoms with Crippen molar-refractivity contribution in [1.82, 2.24) is 4.90 Å². The van der Waals surface area contributed by atoms with E-state index in [1.165, 1.54) is 12.1 Å². The van der Waals surface area contributed by atoms with E-state index in [0.717, 1.165) is 4.90 Å². The topological polar surface area (TPSA) is 113 Å². The number of nitrogens with two attached hydrogens (primary N) is 1. The molecule has 1 aliphatic heterocycles. The number of hydrogen-bond donors (Lipinski definition) is 3. The normalized spacial score (nSPS) is 15.0. The molecule has 0 radical (unpaired) electrons. The van der Waals surface area contributed by atoms with E-state index < -0.39 is 23.8 Å². The summed E-state index contributed by atoms with van der Waals surface area (Å²) in [5, 5.41) is 12.3. The number of carbonyl (C=O) groups is 3. The highest BCUT2D eigenvalue weighted by molar-refractivity contribution is 6.40. The lowest BCUT2D eigenvalue weighted by Gasteiger charge is -2.28. The van der Waals surface area contributed by atoms with Gasteiger partial charge in [-0.05, 0) is 41.5 Å². The Hall–Kier alpha value is -3.06. The van der Waals surface area contributed by atoms with Crippen LogP contribution in [0.3, 0.4) is 0 Å². The number of phenolic OH excluding ortho intramolecular Hbond substituents is 1. The minimum absolute atomic E-state index is 0.0131. The van der Waals surface area contributed by atoms with Crippen molar-refractivity contribution in [2.75, 3.05) is 5.32 Å². The fraction of sp³-hybridized carbons (Fsp3) is 0.167. The first-order valence-electron chi connectivity index (χ1n) is 7.83. The highest BCUT2D eigenvalue weighted by Crippen LogP contribution is 2.26. The monoisotopic (exact) mass is 373 g/mol. The lowest BCUT2D eigenvalue weighted by atomic mass is 10.0. The number of nitrogens with one attached hydrogen (secondary N) is 1. The number of phenols is 1. The SMILES string of the molecule is NC(=O)[C@@H](Cc1ccc(O)cc1)N1Cc2cc(Cl)ccc2NC(=O)C1=O. The summed E-state index contributed by atoms with van der Waals surface area (Å²) < 4.78 is 0. The third-order valence-corrected chi connectivity index (χ3v) is 4.42. The van der Waals surface area contributed by atoms with Crippen molar-refractivity contribution in [3.63, 3.8) is 0 Å². The molecular weight excluding hydrogens is 358 g/mol. The number of benzene rings is 2. The Bertz CT molecular complexity index is 883. The molecule has 1 aliphatic rings. The van der Waals surface area contributed by atoms with Crippen LogP contribution in [0.1, 0.15) is 11.1 Å². The van der Waals surface area contributed by atoms with Gasteiger partial charge in [0.2, 0.25) is 5.91 Å². The van der Waals surface area contributed by atoms with Gasteiger partial charge in [-0.2, -0.15) is 0 Å². The fourth-order valence-electron chi connectivity index (χ4n) is 2.85. The van der Waals surface area contributed by atoms with Crippen molar-refractivity contribution < 1.29 is 19.5 Å². The molecule has 3 rings (SSSR count). The van der Waals surface area contributed by atoms with Gasteiger partial charge < -0.3 is 21.1 Å². The van der Waals surface area contributed by atoms with Crippen LogP contribution < -0.4 is 11.1 Å². The van der Waals surface area contributed by atoms with Crippen LogP contribution in [0.5, 0.6) is 5.75 Å². The van der Waals surface area contributed by atoms with Gasteiger partial charge >= 0.3 is 11.8 Å². The number of carbonyl (C=O) groups excluding carboxylic acids is 3. The number of nitrogens with zero attached hydrogens (tertiary/aromatic N) is 1. The van der Waals surface area contributed by atoms with Crippen molar-refractivity contribution in [2.45, 2.75) is 19.0 Å². The zero-order valence-corrected chi connectivity index (χ0v) is 14.4. The van der Waals surface area contributed by atoms with E-state index in [1.54, 1.807) is 30.3 Å². The number of aromatic hydroxyl groups is 1. The van der Waals surface area contributed by atoms with Crippen molar-refractivity contribution in [3.05, 3.63) is 58.6 Å². The summed E-state index contributed by atoms with van der Waals surface area (Å²) in [4.78, 5) is 37.9. The average Bonchev–Trinajstić information content (AvgIpc) is 2.71. The number of hydrogen-bond acceptors (Lipinski definition) is 4. The molecule has 0 aromatic heterocycles. The number of anilines is 1. The molecule has 4 N–H and O–H groups in total. The molecule has 2 aromatic carbocycles. The molecule has 8 heteroatoms. The Morgan fingerprint density at radius 3 is 2.58 bits per heavy atom. The van der Waals surface area contributed by atoms with E-state index in [4.69, 9.17) is 17.3 Å². The summed E-state index contributed by atoms with van der Waals surface area (Å²) >= 11 is 6.01. The molecule has 1 atom stereocenters. The summed E-state index contributed by atoms with van der Waals surface area (Å²) in [6.45, 7) is 0.0131. The molecule has 3 amide bonds. The largest absolute Gasteiger partial charge is 0.508 e. The number of primary amides is 1. The van der Waals surface area contributed by atoms with E-state index in [9.17, 15) is 19.5 Å². The number of halogens is 1. The Morgan fingerprint density at radius 1 is 1.23 bits per heavy atom. The van der Waals surface area contributed by atoms with E-state index in [2.05, 4.69) is 5.32 Å². The summed E-state index contributed by atoms with van der Waals surface area (Å²) in [5.41, 5.74) is 7.27. The highest BCUT2D eigenvalue weighted by atomic mass is 35.5. The Balaban J connectivity index is 1.96. The van der Waals surface area contributed by atoms with E-state index in [1.807, 2.05) is 0 Å². The van der Waals surface area contributed by atoms with Gasteiger partial charge in [0.05, 0.1) is 0 Å². The molecule has 134 valence electrons. The molecule has 0 unspecified atom stereocenters. The van der Waals surface area contributed by atoms with Crippen LogP contribution in [0.25, 0.3) is 0 Å². The first kappa shape index (κ1) is 17.8. The van der Waals surface area contributed by atoms with Gasteiger partial charge in [-0.25, -0.2) is 0 Å². The van der Waals surface area contributed by atoms with Crippen molar-refractivity contribution in [3.8, 4) is 5.75 Å². The molecule has 0 aliphatic carbocycles. The third kappa shape index (κ3) is 3.62. The van der Waals surface area contributed by atoms with E-state index in [0.29, 0.717) is 21.8 Å². The molecule has 1 heterocycles. The summed E-state index contributed by atoms with van der Waals surface area (Å²) in [7, 11) is 0. The van der Waals surface area contributed by atoms with E-state index in [-0.39, 0.29) is 18.7 Å². The second-order valence-electron chi connectivity index (χ2n) is 5.98. The summed E-state index contributed by atoms with van der Waals surface area (Å²) in [5.74, 6) is -2.34. The first-order chi connectivity index (χ1) is 12.3. The smallest absolute Gasteiger partial charge is 0.313 e. The maximum absolute atomic E-state index is 12.5. The second-order valence-corrected chi connectivity index (χ2v) is 6.41. The van der Waals surface area contributed by atoms with Gasteiger partial charge in [-0.1, -0.05) is 23.7 Å². The predicted molar refractivity (Wildman–Crippen MR) is 95.4 cm³/mol. The Kier molecular flexibility index (Phi) is 4.81. The molecule has 0 saturated heterocycles. The molecule has 0 fully saturated rings. The zero-order chi connectivity index (χ0) is 18.8. The van der Waals surface area contributed by atoms with Crippen LogP contribution in [-0.2, 0) is 27.3 Å². The summed E-state index contributed by atoms with van der Waals surface area (Å²) in [6, 6.07) is 9.99. The molecule has 0 spiro atoms. The standard InChI is InChI=1S/C18H16ClN3O4/c19-12-3-6-14-11(8-12)9-22(18(26)17(25)21-14)15(16(20)24)7-10-1-4-13(23)5-2-10/h1-6,8,15,23H,7,9H2,(H2,20,24)(H,21,25)/t15-/m1/s1. The average molecular weight is 374 g/mol. The Morgan fingerprint density at radius 2 is 1.92 bits per heavy atom. The van der Waals surface area contributed by atoms with Crippen LogP contribution in [0, 0.1) is 0 Å². The number of rotatable bonds is 4. The number of amides is 3. The summed E-state index contributed by atoms with van der Waals surface area (Å²) in [6.07, 6.45) is 0.116. The van der Waals surface area contributed by atoms with E-state index >= 15 is 0 Å². The first-order valence-corrected chi connectivity index (χ1v) is 8.20. The lowest BCUT2D eigenvalue weighted by molar-refractivity contribution is -0.147. The predicted octanol–water partition coefficient (Wildman–Crippen LogP) is 1.42. The van der Waals surface area contributed by atoms with Gasteiger partial charge in [-0.15, -0.1) is 0 Å². The molecule has 2 aromatic rings. The van der Waals surface area contributed by atoms with Gasteiger partial charge in [0, 0.05) is 23.7 Å². The fourth-order valence-corrected chi connectivity index (χ4v) is 3.04. The van der Waals surface area contributed by atoms with Crippen LogP contribution in [0.2, 0.25) is 5.02 Å². The molecular formula is C18H16ClN3O4. The minimum Gasteiger partial charge on any atom is -0.508 e. The van der Waals surface area contributed by atoms with Crippen LogP contribution >= 0.6 is 11.6 Å². The van der Waals surface area contributed by atoms with Gasteiger partial charge in [0.25, 0.3) is 0 Å². The van der Waals surface area contributed by atoms with Crippen molar-refractivity contribution in [1.29, 1.82) is 0 Å². The van der Waals surface area contributed by atoms with Crippen LogP contribution in [-0.4, -0.2) is 33.8 Å². The van der Waals surface area contributed by atoms with Crippen molar-refractivity contribution in [2.24, 2.45) is 5.73 Å². The highest BCUT2D eigenvalue weighted by Gasteiger charge is 2.35. The third-order valence-electron chi connectivity index (χ3n) is 4.18. The lowest BCUT2D eigenvalue weighted by Crippen LogP contribution is -2.50. The maximum Gasteiger partial charge on any atom is 0.313 e.